The molecule has 0 fully saturated rings. The van der Waals surface area contributed by atoms with Crippen LogP contribution in [-0.4, -0.2) is 40.9 Å². The molecule has 1 atom stereocenters. The summed E-state index contributed by atoms with van der Waals surface area (Å²) in [6, 6.07) is 17.2. The van der Waals surface area contributed by atoms with Crippen molar-refractivity contribution in [3.05, 3.63) is 59.4 Å². The van der Waals surface area contributed by atoms with Crippen LogP contribution in [0.1, 0.15) is 13.3 Å². The maximum Gasteiger partial charge on any atom is 0.279 e. The monoisotopic (exact) mass is 412 g/mol. The first kappa shape index (κ1) is 20.8. The number of carbonyl (C=O) groups is 1. The molecule has 1 aromatic heterocycles. The molecule has 0 bridgehead atoms. The highest BCUT2D eigenvalue weighted by molar-refractivity contribution is 7.71. The van der Waals surface area contributed by atoms with E-state index in [1.54, 1.807) is 7.11 Å². The molecule has 7 nitrogen and oxygen atoms in total. The molecule has 8 heteroatoms. The van der Waals surface area contributed by atoms with Crippen LogP contribution in [0.15, 0.2) is 54.6 Å². The number of nitrogens with one attached hydrogen (secondary N) is 3. The average molecular weight is 413 g/mol. The fourth-order valence-electron chi connectivity index (χ4n) is 3.16. The third-order valence-corrected chi connectivity index (χ3v) is 4.82. The number of aromatic nitrogens is 3. The minimum absolute atomic E-state index is 0.0766. The molecule has 0 aliphatic rings. The molecule has 1 unspecified atom stereocenters. The van der Waals surface area contributed by atoms with Crippen LogP contribution in [0, 0.1) is 4.77 Å². The van der Waals surface area contributed by atoms with Crippen molar-refractivity contribution in [2.24, 2.45) is 0 Å². The summed E-state index contributed by atoms with van der Waals surface area (Å²) in [7, 11) is 1.59. The van der Waals surface area contributed by atoms with Crippen LogP contribution in [0.5, 0.6) is 5.75 Å². The number of carbonyl (C=O) groups excluding carboxylic acids is 1. The molecule has 1 heterocycles. The van der Waals surface area contributed by atoms with E-state index in [4.69, 9.17) is 17.0 Å². The van der Waals surface area contributed by atoms with E-state index in [9.17, 15) is 4.79 Å². The number of benzene rings is 2. The molecule has 3 N–H and O–H groups in total. The zero-order valence-electron chi connectivity index (χ0n) is 16.6. The van der Waals surface area contributed by atoms with Crippen LogP contribution in [0.25, 0.3) is 11.4 Å². The summed E-state index contributed by atoms with van der Waals surface area (Å²) >= 11 is 5.42. The molecule has 1 amide bonds. The van der Waals surface area contributed by atoms with Gasteiger partial charge in [-0.05, 0) is 30.8 Å². The largest absolute Gasteiger partial charge is 0.495 e. The van der Waals surface area contributed by atoms with Crippen molar-refractivity contribution in [2.75, 3.05) is 25.5 Å². The molecule has 0 spiro atoms. The third-order valence-electron chi connectivity index (χ3n) is 4.50. The topological polar surface area (TPSA) is 76.4 Å². The van der Waals surface area contributed by atoms with Gasteiger partial charge in [0.15, 0.2) is 19.0 Å². The van der Waals surface area contributed by atoms with Gasteiger partial charge in [-0.25, -0.2) is 4.68 Å². The number of quaternary nitrogens is 1. The molecule has 0 saturated heterocycles. The van der Waals surface area contributed by atoms with Gasteiger partial charge in [-0.1, -0.05) is 49.4 Å². The maximum atomic E-state index is 12.6. The fraction of sp³-hybridized carbons (Fsp3) is 0.286. The first-order valence-electron chi connectivity index (χ1n) is 9.59. The number of nitrogens with zero attached hydrogens (tertiary/aromatic N) is 2. The highest BCUT2D eigenvalue weighted by atomic mass is 32.1. The van der Waals surface area contributed by atoms with Gasteiger partial charge in [-0.15, -0.1) is 0 Å². The zero-order valence-corrected chi connectivity index (χ0v) is 17.5. The molecule has 29 heavy (non-hydrogen) atoms. The zero-order chi connectivity index (χ0) is 20.6. The van der Waals surface area contributed by atoms with Gasteiger partial charge in [-0.3, -0.25) is 9.89 Å². The lowest BCUT2D eigenvalue weighted by atomic mass is 10.2. The van der Waals surface area contributed by atoms with Crippen LogP contribution in [0.2, 0.25) is 0 Å². The van der Waals surface area contributed by atoms with Crippen LogP contribution < -0.4 is 15.0 Å². The quantitative estimate of drug-likeness (QED) is 0.472. The number of ether oxygens (including phenoxy) is 1. The summed E-state index contributed by atoms with van der Waals surface area (Å²) in [4.78, 5) is 18.2. The summed E-state index contributed by atoms with van der Waals surface area (Å²) < 4.78 is 7.60. The smallest absolute Gasteiger partial charge is 0.279 e. The van der Waals surface area contributed by atoms with E-state index in [1.807, 2.05) is 59.3 Å². The fourth-order valence-corrected chi connectivity index (χ4v) is 3.36. The second-order valence-electron chi connectivity index (χ2n) is 6.73. The van der Waals surface area contributed by atoms with Crippen molar-refractivity contribution in [1.82, 2.24) is 14.8 Å². The van der Waals surface area contributed by atoms with Crippen molar-refractivity contribution >= 4 is 23.8 Å². The number of para-hydroxylation sites is 2. The Morgan fingerprint density at radius 1 is 1.21 bits per heavy atom. The molecule has 0 saturated carbocycles. The minimum atomic E-state index is -0.0766. The van der Waals surface area contributed by atoms with Gasteiger partial charge in [0.2, 0.25) is 4.77 Å². The Labute approximate surface area is 175 Å². The molecule has 2 aromatic carbocycles. The summed E-state index contributed by atoms with van der Waals surface area (Å²) in [6.07, 6.45) is 0.949. The maximum absolute atomic E-state index is 12.6. The number of H-pyrrole nitrogens is 1. The number of hydrogen-bond acceptors (Lipinski definition) is 4. The van der Waals surface area contributed by atoms with Crippen molar-refractivity contribution in [3.63, 3.8) is 0 Å². The Kier molecular flexibility index (Phi) is 7.15. The Morgan fingerprint density at radius 3 is 2.66 bits per heavy atom. The summed E-state index contributed by atoms with van der Waals surface area (Å²) in [5.74, 6) is 1.29. The van der Waals surface area contributed by atoms with Gasteiger partial charge >= 0.3 is 0 Å². The lowest BCUT2D eigenvalue weighted by Crippen LogP contribution is -3.12. The van der Waals surface area contributed by atoms with E-state index < -0.39 is 0 Å². The number of amides is 1. The van der Waals surface area contributed by atoms with Gasteiger partial charge < -0.3 is 15.0 Å². The molecule has 152 valence electrons. The highest BCUT2D eigenvalue weighted by Crippen LogP contribution is 2.22. The molecular weight excluding hydrogens is 386 g/mol. The standard InChI is InChI=1S/C21H25N5O2S/c1-3-13-25(14-19(27)22-17-11-7-8-12-18(17)28-2)15-26-21(29)23-20(24-26)16-9-5-4-6-10-16/h4-12H,3,13-15H2,1-2H3,(H,22,27)(H,23,24,29)/p+1. The number of rotatable bonds is 9. The van der Waals surface area contributed by atoms with Gasteiger partial charge in [0.1, 0.15) is 5.75 Å². The molecule has 0 aliphatic heterocycles. The summed E-state index contributed by atoms with van der Waals surface area (Å²) in [5, 5.41) is 6.19. The van der Waals surface area contributed by atoms with Crippen molar-refractivity contribution < 1.29 is 14.4 Å². The molecular formula is C21H26N5O2S+. The number of hydrogen-bond donors (Lipinski definition) is 3. The predicted molar refractivity (Wildman–Crippen MR) is 115 cm³/mol. The first-order valence-corrected chi connectivity index (χ1v) is 10.00. The average Bonchev–Trinajstić information content (AvgIpc) is 3.09. The van der Waals surface area contributed by atoms with Crippen LogP contribution >= 0.6 is 12.2 Å². The Hall–Kier alpha value is -2.97. The minimum Gasteiger partial charge on any atom is -0.495 e. The second-order valence-corrected chi connectivity index (χ2v) is 7.10. The SMILES string of the molecule is CCC[NH+](CC(=O)Nc1ccccc1OC)Cn1[nH]c(-c2ccccc2)nc1=S. The Balaban J connectivity index is 1.69. The summed E-state index contributed by atoms with van der Waals surface area (Å²) in [5.41, 5.74) is 1.64. The number of methoxy groups -OCH3 is 1. The normalized spacial score (nSPS) is 11.8. The molecule has 0 aliphatic carbocycles. The van der Waals surface area contributed by atoms with Crippen LogP contribution in [-0.2, 0) is 11.5 Å². The lowest BCUT2D eigenvalue weighted by Gasteiger charge is -2.19. The van der Waals surface area contributed by atoms with Crippen molar-refractivity contribution in [2.45, 2.75) is 20.0 Å². The van der Waals surface area contributed by atoms with Gasteiger partial charge in [-0.2, -0.15) is 4.98 Å². The number of aromatic amines is 1. The van der Waals surface area contributed by atoms with E-state index in [-0.39, 0.29) is 5.91 Å². The first-order chi connectivity index (χ1) is 14.1. The lowest BCUT2D eigenvalue weighted by molar-refractivity contribution is -0.915. The van der Waals surface area contributed by atoms with Crippen molar-refractivity contribution in [3.8, 4) is 17.1 Å². The van der Waals surface area contributed by atoms with E-state index in [1.165, 1.54) is 0 Å². The van der Waals surface area contributed by atoms with Gasteiger partial charge in [0.25, 0.3) is 5.91 Å². The summed E-state index contributed by atoms with van der Waals surface area (Å²) in [6.45, 7) is 3.78. The second kappa shape index (κ2) is 9.99. The Bertz CT molecular complexity index is 1000. The third kappa shape index (κ3) is 5.52. The molecule has 3 rings (SSSR count). The number of anilines is 1. The van der Waals surface area contributed by atoms with Crippen LogP contribution in [0.4, 0.5) is 5.69 Å². The molecule has 0 radical (unpaired) electrons. The van der Waals surface area contributed by atoms with Crippen molar-refractivity contribution in [1.29, 1.82) is 0 Å². The predicted octanol–water partition coefficient (Wildman–Crippen LogP) is 2.51. The highest BCUT2D eigenvalue weighted by Gasteiger charge is 2.17. The Morgan fingerprint density at radius 2 is 1.93 bits per heavy atom. The molecule has 3 aromatic rings. The van der Waals surface area contributed by atoms with E-state index in [0.29, 0.717) is 29.4 Å². The van der Waals surface area contributed by atoms with Gasteiger partial charge in [0, 0.05) is 5.56 Å². The van der Waals surface area contributed by atoms with E-state index >= 15 is 0 Å². The van der Waals surface area contributed by atoms with Crippen LogP contribution in [0.3, 0.4) is 0 Å². The van der Waals surface area contributed by atoms with Gasteiger partial charge in [0.05, 0.1) is 19.3 Å². The van der Waals surface area contributed by atoms with E-state index in [2.05, 4.69) is 22.3 Å². The van der Waals surface area contributed by atoms with E-state index in [0.717, 1.165) is 29.3 Å².